The van der Waals surface area contributed by atoms with E-state index in [2.05, 4.69) is 18.8 Å². The summed E-state index contributed by atoms with van der Waals surface area (Å²) in [5, 5.41) is 0. The third kappa shape index (κ3) is 8.61. The van der Waals surface area contributed by atoms with Crippen LogP contribution in [0.4, 0.5) is 9.18 Å². The maximum absolute atomic E-state index is 15.1. The molecule has 0 atom stereocenters. The number of hydrogen-bond acceptors (Lipinski definition) is 3. The van der Waals surface area contributed by atoms with E-state index in [-0.39, 0.29) is 12.6 Å². The molecule has 0 heterocycles. The van der Waals surface area contributed by atoms with Gasteiger partial charge in [0.1, 0.15) is 5.82 Å². The van der Waals surface area contributed by atoms with Crippen molar-refractivity contribution < 1.29 is 18.7 Å². The summed E-state index contributed by atoms with van der Waals surface area (Å²) >= 11 is 0. The molecule has 2 rings (SSSR count). The summed E-state index contributed by atoms with van der Waals surface area (Å²) in [7, 11) is 3.55. The van der Waals surface area contributed by atoms with Crippen LogP contribution < -0.4 is 0 Å². The highest BCUT2D eigenvalue weighted by atomic mass is 19.1. The Bertz CT molecular complexity index is 989. The van der Waals surface area contributed by atoms with Crippen LogP contribution in [0.5, 0.6) is 0 Å². The molecule has 0 unspecified atom stereocenters. The molecule has 34 heavy (non-hydrogen) atoms. The van der Waals surface area contributed by atoms with Gasteiger partial charge in [-0.1, -0.05) is 51.5 Å². The number of hydrogen-bond donors (Lipinski definition) is 0. The number of carbonyl (C=O) groups excluding carboxylic acids is 2. The molecule has 6 nitrogen and oxygen atoms in total. The Labute approximate surface area is 202 Å². The average molecular weight is 470 g/mol. The Morgan fingerprint density at radius 1 is 1.15 bits per heavy atom. The molecule has 0 saturated heterocycles. The third-order valence-electron chi connectivity index (χ3n) is 5.19. The second-order valence-electron chi connectivity index (χ2n) is 8.98. The minimum atomic E-state index is -0.415. The molecule has 0 aliphatic carbocycles. The predicted octanol–water partition coefficient (Wildman–Crippen LogP) is 6.01. The smallest absolute Gasteiger partial charge is 0.410 e. The second-order valence-corrected chi connectivity index (χ2v) is 8.98. The van der Waals surface area contributed by atoms with Crippen molar-refractivity contribution in [3.8, 4) is 11.1 Å². The van der Waals surface area contributed by atoms with E-state index < -0.39 is 11.7 Å². The first-order valence-corrected chi connectivity index (χ1v) is 11.8. The van der Waals surface area contributed by atoms with Gasteiger partial charge in [0.15, 0.2) is 0 Å². The highest BCUT2D eigenvalue weighted by Gasteiger charge is 2.17. The van der Waals surface area contributed by atoms with Crippen molar-refractivity contribution >= 4 is 18.3 Å². The molecule has 0 aliphatic heterocycles. The Morgan fingerprint density at radius 2 is 1.91 bits per heavy atom. The number of unbranched alkanes of at least 4 members (excludes halogenated alkanes) is 1. The zero-order chi connectivity index (χ0) is 25.1. The second kappa shape index (κ2) is 13.5. The van der Waals surface area contributed by atoms with Crippen LogP contribution in [0.3, 0.4) is 0 Å². The van der Waals surface area contributed by atoms with E-state index in [0.29, 0.717) is 41.3 Å². The summed E-state index contributed by atoms with van der Waals surface area (Å²) < 4.78 is 20.5. The van der Waals surface area contributed by atoms with Crippen molar-refractivity contribution in [1.82, 2.24) is 9.80 Å². The molecule has 0 bridgehead atoms. The van der Waals surface area contributed by atoms with Crippen LogP contribution in [-0.2, 0) is 11.3 Å². The molecule has 0 fully saturated rings. The fraction of sp³-hybridized carbons (Fsp3) is 0.444. The maximum atomic E-state index is 15.1. The Kier molecular flexibility index (Phi) is 10.7. The van der Waals surface area contributed by atoms with Gasteiger partial charge >= 0.3 is 6.09 Å². The van der Waals surface area contributed by atoms with Crippen molar-refractivity contribution in [2.75, 3.05) is 27.2 Å². The van der Waals surface area contributed by atoms with Crippen LogP contribution in [0.1, 0.15) is 56.0 Å². The van der Waals surface area contributed by atoms with Gasteiger partial charge in [-0.3, -0.25) is 4.79 Å². The van der Waals surface area contributed by atoms with Crippen molar-refractivity contribution in [1.29, 1.82) is 0 Å². The van der Waals surface area contributed by atoms with Crippen molar-refractivity contribution in [3.05, 3.63) is 59.4 Å². The van der Waals surface area contributed by atoms with Gasteiger partial charge in [0, 0.05) is 38.3 Å². The van der Waals surface area contributed by atoms with Gasteiger partial charge in [-0.05, 0) is 48.1 Å². The molecule has 2 aromatic carbocycles. The Morgan fingerprint density at radius 3 is 2.56 bits per heavy atom. The normalized spacial score (nSPS) is 11.1. The van der Waals surface area contributed by atoms with E-state index in [1.54, 1.807) is 60.3 Å². The Hall–Kier alpha value is -3.22. The topological polar surface area (TPSA) is 62.2 Å². The zero-order valence-corrected chi connectivity index (χ0v) is 20.9. The van der Waals surface area contributed by atoms with Crippen LogP contribution in [-0.4, -0.2) is 55.4 Å². The minimum Gasteiger partial charge on any atom is -0.449 e. The number of benzene rings is 2. The van der Waals surface area contributed by atoms with E-state index in [1.165, 1.54) is 12.4 Å². The third-order valence-corrected chi connectivity index (χ3v) is 5.19. The highest BCUT2D eigenvalue weighted by molar-refractivity contribution is 5.99. The van der Waals surface area contributed by atoms with E-state index in [1.807, 2.05) is 6.92 Å². The van der Waals surface area contributed by atoms with Crippen molar-refractivity contribution in [2.45, 2.75) is 46.6 Å². The van der Waals surface area contributed by atoms with Gasteiger partial charge in [0.05, 0.1) is 12.9 Å². The fourth-order valence-corrected chi connectivity index (χ4v) is 3.22. The van der Waals surface area contributed by atoms with Gasteiger partial charge in [-0.2, -0.15) is 4.99 Å². The molecule has 0 N–H and O–H groups in total. The van der Waals surface area contributed by atoms with Crippen LogP contribution in [0.25, 0.3) is 11.1 Å². The first-order valence-electron chi connectivity index (χ1n) is 11.8. The SMILES string of the molecule is CCCCOC(=O)N(CCC(C)C)Cc1ccc(-c2cccc(C(=O)/N=C/N(C)C)c2)c(F)c1. The first-order chi connectivity index (χ1) is 16.2. The van der Waals surface area contributed by atoms with E-state index in [0.717, 1.165) is 19.3 Å². The molecule has 7 heteroatoms. The van der Waals surface area contributed by atoms with Crippen molar-refractivity contribution in [3.63, 3.8) is 0 Å². The summed E-state index contributed by atoms with van der Waals surface area (Å²) in [4.78, 5) is 32.1. The zero-order valence-electron chi connectivity index (χ0n) is 20.9. The monoisotopic (exact) mass is 469 g/mol. The number of amides is 2. The number of aliphatic imine (C=N–C) groups is 1. The number of halogens is 1. The minimum absolute atomic E-state index is 0.270. The predicted molar refractivity (Wildman–Crippen MR) is 134 cm³/mol. The molecular formula is C27H36FN3O3. The van der Waals surface area contributed by atoms with Crippen LogP contribution in [0.2, 0.25) is 0 Å². The van der Waals surface area contributed by atoms with Crippen LogP contribution in [0, 0.1) is 11.7 Å². The van der Waals surface area contributed by atoms with Crippen molar-refractivity contribution in [2.24, 2.45) is 10.9 Å². The standard InChI is InChI=1S/C27H36FN3O3/c1-6-7-15-34-27(33)31(14-13-20(2)3)18-21-11-12-24(25(28)16-21)22-9-8-10-23(17-22)26(32)29-19-30(4)5/h8-12,16-17,19-20H,6-7,13-15,18H2,1-5H3/b29-19+. The number of ether oxygens (including phenoxy) is 1. The molecule has 0 spiro atoms. The molecule has 184 valence electrons. The highest BCUT2D eigenvalue weighted by Crippen LogP contribution is 2.25. The summed E-state index contributed by atoms with van der Waals surface area (Å²) in [6.45, 7) is 7.43. The van der Waals surface area contributed by atoms with E-state index >= 15 is 4.39 Å². The average Bonchev–Trinajstić information content (AvgIpc) is 2.80. The summed E-state index contributed by atoms with van der Waals surface area (Å²) in [6.07, 6.45) is 3.65. The van der Waals surface area contributed by atoms with Gasteiger partial charge < -0.3 is 14.5 Å². The molecule has 0 saturated carbocycles. The lowest BCUT2D eigenvalue weighted by atomic mass is 10.0. The quantitative estimate of drug-likeness (QED) is 0.230. The van der Waals surface area contributed by atoms with Gasteiger partial charge in [-0.15, -0.1) is 0 Å². The molecule has 2 amide bonds. The van der Waals surface area contributed by atoms with Gasteiger partial charge in [0.25, 0.3) is 5.91 Å². The fourth-order valence-electron chi connectivity index (χ4n) is 3.22. The largest absolute Gasteiger partial charge is 0.449 e. The number of nitrogens with zero attached hydrogens (tertiary/aromatic N) is 3. The van der Waals surface area contributed by atoms with E-state index in [9.17, 15) is 9.59 Å². The molecule has 2 aromatic rings. The van der Waals surface area contributed by atoms with Gasteiger partial charge in [0.2, 0.25) is 0 Å². The van der Waals surface area contributed by atoms with Crippen LogP contribution in [0.15, 0.2) is 47.5 Å². The molecule has 0 aromatic heterocycles. The molecule has 0 radical (unpaired) electrons. The van der Waals surface area contributed by atoms with E-state index in [4.69, 9.17) is 4.74 Å². The summed E-state index contributed by atoms with van der Waals surface area (Å²) in [6, 6.07) is 11.7. The lowest BCUT2D eigenvalue weighted by Gasteiger charge is -2.23. The number of carbonyl (C=O) groups is 2. The summed E-state index contributed by atoms with van der Waals surface area (Å²) in [5.74, 6) is -0.376. The lowest BCUT2D eigenvalue weighted by molar-refractivity contribution is 0.0965. The molecule has 0 aliphatic rings. The lowest BCUT2D eigenvalue weighted by Crippen LogP contribution is -2.33. The number of rotatable bonds is 11. The molecular weight excluding hydrogens is 433 g/mol. The van der Waals surface area contributed by atoms with Gasteiger partial charge in [-0.25, -0.2) is 9.18 Å². The Balaban J connectivity index is 2.20. The summed E-state index contributed by atoms with van der Waals surface area (Å²) in [5.41, 5.74) is 2.04. The van der Waals surface area contributed by atoms with Crippen LogP contribution >= 0.6 is 0 Å². The first kappa shape index (κ1) is 27.0. The maximum Gasteiger partial charge on any atom is 0.410 e.